The zero-order valence-electron chi connectivity index (χ0n) is 13.5. The molecule has 1 unspecified atom stereocenters. The molecule has 0 saturated heterocycles. The largest absolute Gasteiger partial charge is 0.459 e. The summed E-state index contributed by atoms with van der Waals surface area (Å²) in [7, 11) is 0. The predicted octanol–water partition coefficient (Wildman–Crippen LogP) is 4.77. The minimum Gasteiger partial charge on any atom is -0.459 e. The average molecular weight is 319 g/mol. The lowest BCUT2D eigenvalue weighted by atomic mass is 9.99. The van der Waals surface area contributed by atoms with Crippen LogP contribution in [0.3, 0.4) is 0 Å². The molecule has 0 saturated carbocycles. The van der Waals surface area contributed by atoms with E-state index >= 15 is 0 Å². The molecule has 122 valence electrons. The van der Waals surface area contributed by atoms with Gasteiger partial charge in [0.25, 0.3) is 5.91 Å². The first-order valence-electron chi connectivity index (χ1n) is 8.26. The van der Waals surface area contributed by atoms with Crippen LogP contribution in [0.5, 0.6) is 0 Å². The van der Waals surface area contributed by atoms with E-state index in [0.717, 1.165) is 24.8 Å². The summed E-state index contributed by atoms with van der Waals surface area (Å²) in [6, 6.07) is 23.9. The molecular formula is C21H21NO2. The Morgan fingerprint density at radius 1 is 0.917 bits per heavy atom. The maximum atomic E-state index is 12.3. The van der Waals surface area contributed by atoms with Gasteiger partial charge in [-0.1, -0.05) is 60.7 Å². The van der Waals surface area contributed by atoms with Crippen LogP contribution < -0.4 is 5.32 Å². The number of aryl methyl sites for hydroxylation is 1. The standard InChI is InChI=1S/C21H21NO2/c23-21(20-15-8-16-24-20)22-19(18-12-5-2-6-13-18)14-7-11-17-9-3-1-4-10-17/h1-6,8-10,12-13,15-16,19H,7,11,14H2,(H,22,23). The molecule has 0 radical (unpaired) electrons. The molecule has 1 heterocycles. The Hall–Kier alpha value is -2.81. The van der Waals surface area contributed by atoms with Gasteiger partial charge >= 0.3 is 0 Å². The number of hydrogen-bond donors (Lipinski definition) is 1. The van der Waals surface area contributed by atoms with Gasteiger partial charge in [0.2, 0.25) is 0 Å². The highest BCUT2D eigenvalue weighted by Gasteiger charge is 2.17. The van der Waals surface area contributed by atoms with E-state index in [1.54, 1.807) is 12.1 Å². The predicted molar refractivity (Wildman–Crippen MR) is 94.7 cm³/mol. The van der Waals surface area contributed by atoms with Gasteiger partial charge in [-0.2, -0.15) is 0 Å². The minimum absolute atomic E-state index is 0.0208. The Labute approximate surface area is 142 Å². The lowest BCUT2D eigenvalue weighted by molar-refractivity contribution is 0.0906. The van der Waals surface area contributed by atoms with Crippen LogP contribution >= 0.6 is 0 Å². The Morgan fingerprint density at radius 3 is 2.29 bits per heavy atom. The van der Waals surface area contributed by atoms with Crippen molar-refractivity contribution in [2.45, 2.75) is 25.3 Å². The van der Waals surface area contributed by atoms with E-state index < -0.39 is 0 Å². The van der Waals surface area contributed by atoms with Crippen LogP contribution in [0, 0.1) is 0 Å². The summed E-state index contributed by atoms with van der Waals surface area (Å²) in [5.74, 6) is 0.174. The number of rotatable bonds is 7. The van der Waals surface area contributed by atoms with E-state index in [0.29, 0.717) is 5.76 Å². The van der Waals surface area contributed by atoms with Gasteiger partial charge in [0.15, 0.2) is 5.76 Å². The van der Waals surface area contributed by atoms with Crippen molar-refractivity contribution >= 4 is 5.91 Å². The van der Waals surface area contributed by atoms with Crippen LogP contribution in [0.2, 0.25) is 0 Å². The van der Waals surface area contributed by atoms with E-state index in [2.05, 4.69) is 41.7 Å². The van der Waals surface area contributed by atoms with Gasteiger partial charge in [-0.05, 0) is 42.5 Å². The fourth-order valence-corrected chi connectivity index (χ4v) is 2.80. The molecule has 24 heavy (non-hydrogen) atoms. The molecule has 2 aromatic carbocycles. The SMILES string of the molecule is O=C(NC(CCCc1ccccc1)c1ccccc1)c1ccco1. The first-order chi connectivity index (χ1) is 11.8. The second kappa shape index (κ2) is 8.16. The van der Waals surface area contributed by atoms with Gasteiger partial charge in [-0.3, -0.25) is 4.79 Å². The third-order valence-electron chi connectivity index (χ3n) is 4.05. The van der Waals surface area contributed by atoms with Crippen molar-refractivity contribution in [2.24, 2.45) is 0 Å². The Bertz CT molecular complexity index is 736. The van der Waals surface area contributed by atoms with Gasteiger partial charge in [0.05, 0.1) is 12.3 Å². The average Bonchev–Trinajstić information content (AvgIpc) is 3.17. The van der Waals surface area contributed by atoms with E-state index in [-0.39, 0.29) is 11.9 Å². The van der Waals surface area contributed by atoms with E-state index in [4.69, 9.17) is 4.42 Å². The fraction of sp³-hybridized carbons (Fsp3) is 0.190. The molecule has 3 rings (SSSR count). The van der Waals surface area contributed by atoms with Crippen LogP contribution in [-0.2, 0) is 6.42 Å². The second-order valence-corrected chi connectivity index (χ2v) is 5.79. The molecule has 3 aromatic rings. The van der Waals surface area contributed by atoms with E-state index in [1.807, 2.05) is 24.3 Å². The molecule has 0 bridgehead atoms. The molecule has 0 fully saturated rings. The zero-order valence-corrected chi connectivity index (χ0v) is 13.5. The third-order valence-corrected chi connectivity index (χ3v) is 4.05. The summed E-state index contributed by atoms with van der Waals surface area (Å²) in [5.41, 5.74) is 2.44. The minimum atomic E-state index is -0.173. The van der Waals surface area contributed by atoms with Gasteiger partial charge in [0, 0.05) is 0 Å². The normalized spacial score (nSPS) is 11.8. The summed E-state index contributed by atoms with van der Waals surface area (Å²) in [5, 5.41) is 3.09. The summed E-state index contributed by atoms with van der Waals surface area (Å²) in [4.78, 5) is 12.3. The number of carbonyl (C=O) groups excluding carboxylic acids is 1. The molecule has 3 nitrogen and oxygen atoms in total. The molecule has 0 spiro atoms. The number of hydrogen-bond acceptors (Lipinski definition) is 2. The van der Waals surface area contributed by atoms with Gasteiger partial charge in [0.1, 0.15) is 0 Å². The van der Waals surface area contributed by atoms with Crippen LogP contribution in [-0.4, -0.2) is 5.91 Å². The molecule has 1 amide bonds. The van der Waals surface area contributed by atoms with Gasteiger partial charge < -0.3 is 9.73 Å². The lowest BCUT2D eigenvalue weighted by Gasteiger charge is -2.18. The van der Waals surface area contributed by atoms with Gasteiger partial charge in [-0.25, -0.2) is 0 Å². The molecule has 0 aliphatic heterocycles. The van der Waals surface area contributed by atoms with Crippen molar-refractivity contribution in [1.29, 1.82) is 0 Å². The lowest BCUT2D eigenvalue weighted by Crippen LogP contribution is -2.28. The molecule has 3 heteroatoms. The number of nitrogens with one attached hydrogen (secondary N) is 1. The molecule has 1 atom stereocenters. The van der Waals surface area contributed by atoms with Gasteiger partial charge in [-0.15, -0.1) is 0 Å². The number of benzene rings is 2. The first kappa shape index (κ1) is 16.1. The van der Waals surface area contributed by atoms with Crippen molar-refractivity contribution < 1.29 is 9.21 Å². The van der Waals surface area contributed by atoms with E-state index in [9.17, 15) is 4.79 Å². The van der Waals surface area contributed by atoms with Crippen molar-refractivity contribution in [3.05, 3.63) is 95.9 Å². The van der Waals surface area contributed by atoms with Crippen LogP contribution in [0.1, 0.15) is 40.6 Å². The molecular weight excluding hydrogens is 298 g/mol. The van der Waals surface area contributed by atoms with Crippen molar-refractivity contribution in [3.63, 3.8) is 0 Å². The Kier molecular flexibility index (Phi) is 5.46. The Balaban J connectivity index is 1.65. The molecule has 0 aliphatic carbocycles. The smallest absolute Gasteiger partial charge is 0.287 e. The quantitative estimate of drug-likeness (QED) is 0.681. The molecule has 0 aliphatic rings. The Morgan fingerprint density at radius 2 is 1.62 bits per heavy atom. The van der Waals surface area contributed by atoms with Crippen LogP contribution in [0.4, 0.5) is 0 Å². The molecule has 1 N–H and O–H groups in total. The maximum absolute atomic E-state index is 12.3. The summed E-state index contributed by atoms with van der Waals surface area (Å²) >= 11 is 0. The highest BCUT2D eigenvalue weighted by atomic mass is 16.3. The molecule has 1 aromatic heterocycles. The van der Waals surface area contributed by atoms with E-state index in [1.165, 1.54) is 11.8 Å². The monoisotopic (exact) mass is 319 g/mol. The van der Waals surface area contributed by atoms with Crippen LogP contribution in [0.15, 0.2) is 83.5 Å². The highest BCUT2D eigenvalue weighted by Crippen LogP contribution is 2.20. The fourth-order valence-electron chi connectivity index (χ4n) is 2.80. The highest BCUT2D eigenvalue weighted by molar-refractivity contribution is 5.91. The zero-order chi connectivity index (χ0) is 16.6. The van der Waals surface area contributed by atoms with Crippen molar-refractivity contribution in [1.82, 2.24) is 5.32 Å². The summed E-state index contributed by atoms with van der Waals surface area (Å²) < 4.78 is 5.19. The topological polar surface area (TPSA) is 42.2 Å². The third kappa shape index (κ3) is 4.35. The summed E-state index contributed by atoms with van der Waals surface area (Å²) in [6.07, 6.45) is 4.40. The maximum Gasteiger partial charge on any atom is 0.287 e. The van der Waals surface area contributed by atoms with Crippen molar-refractivity contribution in [2.75, 3.05) is 0 Å². The number of furan rings is 1. The second-order valence-electron chi connectivity index (χ2n) is 5.79. The van der Waals surface area contributed by atoms with Crippen LogP contribution in [0.25, 0.3) is 0 Å². The number of carbonyl (C=O) groups is 1. The first-order valence-corrected chi connectivity index (χ1v) is 8.26. The van der Waals surface area contributed by atoms with Crippen molar-refractivity contribution in [3.8, 4) is 0 Å². The summed E-state index contributed by atoms with van der Waals surface area (Å²) in [6.45, 7) is 0. The number of amides is 1.